The first-order valence-corrected chi connectivity index (χ1v) is 16.6. The Labute approximate surface area is 133 Å². The molecule has 0 aromatic carbocycles. The van der Waals surface area contributed by atoms with Crippen LogP contribution in [0.5, 0.6) is 0 Å². The van der Waals surface area contributed by atoms with E-state index in [9.17, 15) is 0 Å². The van der Waals surface area contributed by atoms with Crippen LogP contribution in [0, 0.1) is 0 Å². The molecule has 0 aliphatic carbocycles. The van der Waals surface area contributed by atoms with Crippen LogP contribution in [0.4, 0.5) is 0 Å². The Balaban J connectivity index is 4.17. The van der Waals surface area contributed by atoms with Crippen LogP contribution in [0.3, 0.4) is 0 Å². The molecule has 1 nitrogen and oxygen atoms in total. The SMILES string of the molecule is CCCCCCC[O][Sn]([CH2]CC)([CH2]CCC)[CH2]CCC. The molecule has 0 N–H and O–H groups in total. The Kier molecular flexibility index (Phi) is 15.2. The summed E-state index contributed by atoms with van der Waals surface area (Å²) in [6, 6.07) is 0. The van der Waals surface area contributed by atoms with E-state index in [1.165, 1.54) is 77.5 Å². The molecule has 0 saturated carbocycles. The fourth-order valence-electron chi connectivity index (χ4n) is 3.04. The normalized spacial score (nSPS) is 12.0. The standard InChI is InChI=1S/C7H15O.2C4H9.C3H7.Sn/c1-2-3-4-5-6-7-8;2*1-3-4-2;1-3-2;/h2-7H2,1H3;2*1,3-4H2,2H3;1,3H2,2H3;/q-1;;;;+1. The van der Waals surface area contributed by atoms with E-state index in [1.807, 2.05) is 0 Å². The molecule has 0 aromatic heterocycles. The van der Waals surface area contributed by atoms with Crippen molar-refractivity contribution in [1.29, 1.82) is 0 Å². The second-order valence-corrected chi connectivity index (χ2v) is 18.3. The van der Waals surface area contributed by atoms with Crippen LogP contribution in [0.1, 0.15) is 91.9 Å². The van der Waals surface area contributed by atoms with Crippen molar-refractivity contribution in [1.82, 2.24) is 0 Å². The Hall–Kier alpha value is 0.759. The molecule has 0 saturated heterocycles. The van der Waals surface area contributed by atoms with Crippen LogP contribution in [0.15, 0.2) is 0 Å². The molecule has 0 atom stereocenters. The van der Waals surface area contributed by atoms with E-state index in [-0.39, 0.29) is 0 Å². The van der Waals surface area contributed by atoms with E-state index in [1.54, 1.807) is 0 Å². The van der Waals surface area contributed by atoms with Crippen LogP contribution in [0.25, 0.3) is 0 Å². The number of rotatable bonds is 15. The Bertz CT molecular complexity index is 186. The number of hydrogen-bond donors (Lipinski definition) is 0. The van der Waals surface area contributed by atoms with Gasteiger partial charge in [0.25, 0.3) is 0 Å². The Morgan fingerprint density at radius 3 is 1.60 bits per heavy atom. The van der Waals surface area contributed by atoms with Gasteiger partial charge in [0.1, 0.15) is 0 Å². The van der Waals surface area contributed by atoms with Gasteiger partial charge < -0.3 is 0 Å². The van der Waals surface area contributed by atoms with Crippen molar-refractivity contribution in [2.45, 2.75) is 105 Å². The van der Waals surface area contributed by atoms with E-state index < -0.39 is 18.8 Å². The van der Waals surface area contributed by atoms with Crippen molar-refractivity contribution in [3.8, 4) is 0 Å². The average molecular weight is 391 g/mol. The maximum atomic E-state index is 6.66. The number of hydrogen-bond acceptors (Lipinski definition) is 1. The molecule has 0 amide bonds. The van der Waals surface area contributed by atoms with Crippen molar-refractivity contribution in [2.75, 3.05) is 6.61 Å². The van der Waals surface area contributed by atoms with Gasteiger partial charge in [-0.15, -0.1) is 0 Å². The summed E-state index contributed by atoms with van der Waals surface area (Å²) in [4.78, 5) is 0. The second-order valence-electron chi connectivity index (χ2n) is 6.40. The van der Waals surface area contributed by atoms with Gasteiger partial charge in [-0.3, -0.25) is 0 Å². The molecule has 0 rings (SSSR count). The minimum atomic E-state index is -2.23. The third-order valence-electron chi connectivity index (χ3n) is 4.33. The molecular weight excluding hydrogens is 351 g/mol. The molecule has 0 fully saturated rings. The molecule has 0 radical (unpaired) electrons. The maximum absolute atomic E-state index is 6.66. The summed E-state index contributed by atoms with van der Waals surface area (Å²) >= 11 is -2.23. The van der Waals surface area contributed by atoms with Gasteiger partial charge in [-0.05, 0) is 0 Å². The van der Waals surface area contributed by atoms with Gasteiger partial charge in [0.15, 0.2) is 0 Å². The van der Waals surface area contributed by atoms with Crippen molar-refractivity contribution < 1.29 is 3.07 Å². The molecule has 0 heterocycles. The van der Waals surface area contributed by atoms with Gasteiger partial charge in [0.2, 0.25) is 0 Å². The van der Waals surface area contributed by atoms with Crippen LogP contribution < -0.4 is 0 Å². The fourth-order valence-corrected chi connectivity index (χ4v) is 16.4. The molecule has 0 unspecified atom stereocenters. The first-order valence-electron chi connectivity index (χ1n) is 9.38. The fraction of sp³-hybridized carbons (Fsp3) is 1.00. The quantitative estimate of drug-likeness (QED) is 0.217. The average Bonchev–Trinajstić information content (AvgIpc) is 2.46. The summed E-state index contributed by atoms with van der Waals surface area (Å²) in [7, 11) is 0. The van der Waals surface area contributed by atoms with Gasteiger partial charge >= 0.3 is 134 Å². The first-order chi connectivity index (χ1) is 9.74. The Morgan fingerprint density at radius 1 is 0.550 bits per heavy atom. The van der Waals surface area contributed by atoms with Crippen LogP contribution in [-0.2, 0) is 3.07 Å². The van der Waals surface area contributed by atoms with Crippen LogP contribution >= 0.6 is 0 Å². The number of unbranched alkanes of at least 4 members (excludes halogenated alkanes) is 6. The van der Waals surface area contributed by atoms with E-state index >= 15 is 0 Å². The van der Waals surface area contributed by atoms with Gasteiger partial charge in [-0.25, -0.2) is 0 Å². The molecular formula is C18H40OSn. The van der Waals surface area contributed by atoms with Gasteiger partial charge in [0.05, 0.1) is 0 Å². The first kappa shape index (κ1) is 20.8. The zero-order valence-corrected chi connectivity index (χ0v) is 17.7. The van der Waals surface area contributed by atoms with Gasteiger partial charge in [0, 0.05) is 0 Å². The van der Waals surface area contributed by atoms with E-state index in [0.717, 1.165) is 6.61 Å². The van der Waals surface area contributed by atoms with Crippen LogP contribution in [-0.4, -0.2) is 25.4 Å². The molecule has 0 spiro atoms. The predicted molar refractivity (Wildman–Crippen MR) is 95.0 cm³/mol. The van der Waals surface area contributed by atoms with E-state index in [0.29, 0.717) is 0 Å². The van der Waals surface area contributed by atoms with E-state index in [2.05, 4.69) is 27.7 Å². The molecule has 20 heavy (non-hydrogen) atoms. The molecule has 0 bridgehead atoms. The van der Waals surface area contributed by atoms with Crippen LogP contribution in [0.2, 0.25) is 13.3 Å². The topological polar surface area (TPSA) is 9.23 Å². The van der Waals surface area contributed by atoms with Crippen molar-refractivity contribution >= 4 is 18.8 Å². The monoisotopic (exact) mass is 392 g/mol. The van der Waals surface area contributed by atoms with Crippen molar-refractivity contribution in [3.05, 3.63) is 0 Å². The minimum absolute atomic E-state index is 1.08. The molecule has 0 aromatic rings. The third-order valence-corrected chi connectivity index (χ3v) is 17.9. The summed E-state index contributed by atoms with van der Waals surface area (Å²) in [6.07, 6.45) is 13.7. The molecule has 2 heteroatoms. The zero-order chi connectivity index (χ0) is 15.1. The van der Waals surface area contributed by atoms with Gasteiger partial charge in [-0.2, -0.15) is 0 Å². The predicted octanol–water partition coefficient (Wildman–Crippen LogP) is 6.93. The summed E-state index contributed by atoms with van der Waals surface area (Å²) in [5.41, 5.74) is 0. The third kappa shape index (κ3) is 10.5. The summed E-state index contributed by atoms with van der Waals surface area (Å²) in [5.74, 6) is 0. The Morgan fingerprint density at radius 2 is 1.10 bits per heavy atom. The summed E-state index contributed by atoms with van der Waals surface area (Å²) in [6.45, 7) is 10.4. The molecule has 0 aliphatic rings. The second kappa shape index (κ2) is 14.7. The summed E-state index contributed by atoms with van der Waals surface area (Å²) in [5, 5.41) is 0. The van der Waals surface area contributed by atoms with E-state index in [4.69, 9.17) is 3.07 Å². The van der Waals surface area contributed by atoms with Crippen molar-refractivity contribution in [3.63, 3.8) is 0 Å². The summed E-state index contributed by atoms with van der Waals surface area (Å²) < 4.78 is 11.1. The zero-order valence-electron chi connectivity index (χ0n) is 14.8. The molecule has 0 aliphatic heterocycles. The molecule has 122 valence electrons. The van der Waals surface area contributed by atoms with Gasteiger partial charge in [-0.1, -0.05) is 0 Å². The van der Waals surface area contributed by atoms with Crippen molar-refractivity contribution in [2.24, 2.45) is 0 Å².